The largest absolute Gasteiger partial charge is 0.459 e. The van der Waals surface area contributed by atoms with E-state index in [2.05, 4.69) is 5.32 Å². The number of amides is 1. The molecule has 3 aromatic rings. The Kier molecular flexibility index (Phi) is 3.50. The van der Waals surface area contributed by atoms with E-state index in [1.165, 1.54) is 6.26 Å². The molecule has 4 rings (SSSR count). The molecule has 1 aliphatic carbocycles. The number of rotatable bonds is 3. The third-order valence-corrected chi connectivity index (χ3v) is 4.27. The predicted molar refractivity (Wildman–Crippen MR) is 91.2 cm³/mol. The van der Waals surface area contributed by atoms with Crippen LogP contribution in [0.3, 0.4) is 0 Å². The van der Waals surface area contributed by atoms with Gasteiger partial charge in [0.2, 0.25) is 0 Å². The lowest BCUT2D eigenvalue weighted by molar-refractivity contribution is 0.0995. The molecule has 1 N–H and O–H groups in total. The maximum absolute atomic E-state index is 12.4. The molecular formula is C20H15NO3. The van der Waals surface area contributed by atoms with Gasteiger partial charge in [0.1, 0.15) is 0 Å². The highest BCUT2D eigenvalue weighted by molar-refractivity contribution is 6.11. The SMILES string of the molecule is O=C(Nc1ccc(-c2ccccc2)c2c1C(=O)CC2)c1ccco1. The quantitative estimate of drug-likeness (QED) is 0.782. The topological polar surface area (TPSA) is 59.3 Å². The first-order chi connectivity index (χ1) is 11.7. The zero-order valence-corrected chi connectivity index (χ0v) is 12.9. The van der Waals surface area contributed by atoms with Gasteiger partial charge >= 0.3 is 0 Å². The van der Waals surface area contributed by atoms with Gasteiger partial charge in [-0.15, -0.1) is 0 Å². The van der Waals surface area contributed by atoms with Gasteiger partial charge < -0.3 is 9.73 Å². The average molecular weight is 317 g/mol. The number of nitrogens with one attached hydrogen (secondary N) is 1. The number of furan rings is 1. The highest BCUT2D eigenvalue weighted by Gasteiger charge is 2.27. The summed E-state index contributed by atoms with van der Waals surface area (Å²) in [5.74, 6) is -0.0618. The van der Waals surface area contributed by atoms with Gasteiger partial charge in [0.15, 0.2) is 11.5 Å². The fraction of sp³-hybridized carbons (Fsp3) is 0.100. The summed E-state index contributed by atoms with van der Waals surface area (Å²) in [5.41, 5.74) is 4.30. The van der Waals surface area contributed by atoms with Crippen LogP contribution >= 0.6 is 0 Å². The molecule has 0 radical (unpaired) electrons. The van der Waals surface area contributed by atoms with Crippen molar-refractivity contribution in [3.05, 3.63) is 77.7 Å². The van der Waals surface area contributed by atoms with Crippen LogP contribution in [-0.2, 0) is 6.42 Å². The van der Waals surface area contributed by atoms with Crippen molar-refractivity contribution in [2.45, 2.75) is 12.8 Å². The second kappa shape index (κ2) is 5.81. The highest BCUT2D eigenvalue weighted by atomic mass is 16.3. The fourth-order valence-corrected chi connectivity index (χ4v) is 3.17. The lowest BCUT2D eigenvalue weighted by Crippen LogP contribution is -2.13. The third-order valence-electron chi connectivity index (χ3n) is 4.27. The van der Waals surface area contributed by atoms with E-state index in [1.807, 2.05) is 36.4 Å². The second-order valence-corrected chi connectivity index (χ2v) is 5.73. The van der Waals surface area contributed by atoms with E-state index in [4.69, 9.17) is 4.42 Å². The van der Waals surface area contributed by atoms with Crippen molar-refractivity contribution in [3.63, 3.8) is 0 Å². The van der Waals surface area contributed by atoms with Crippen LogP contribution in [-0.4, -0.2) is 11.7 Å². The molecule has 0 unspecified atom stereocenters. The molecule has 1 amide bonds. The van der Waals surface area contributed by atoms with Gasteiger partial charge in [0.05, 0.1) is 12.0 Å². The summed E-state index contributed by atoms with van der Waals surface area (Å²) < 4.78 is 5.11. The number of anilines is 1. The molecule has 0 fully saturated rings. The number of Topliss-reactive ketones (excluding diaryl/α,β-unsaturated/α-hetero) is 1. The molecule has 4 heteroatoms. The zero-order valence-electron chi connectivity index (χ0n) is 12.9. The van der Waals surface area contributed by atoms with Gasteiger partial charge in [-0.05, 0) is 41.3 Å². The molecule has 4 nitrogen and oxygen atoms in total. The summed E-state index contributed by atoms with van der Waals surface area (Å²) in [4.78, 5) is 24.6. The number of carbonyl (C=O) groups is 2. The van der Waals surface area contributed by atoms with Gasteiger partial charge in [-0.25, -0.2) is 0 Å². The Hall–Kier alpha value is -3.14. The second-order valence-electron chi connectivity index (χ2n) is 5.73. The molecule has 1 heterocycles. The Morgan fingerprint density at radius 1 is 0.958 bits per heavy atom. The molecule has 0 bridgehead atoms. The van der Waals surface area contributed by atoms with Crippen molar-refractivity contribution in [3.8, 4) is 11.1 Å². The summed E-state index contributed by atoms with van der Waals surface area (Å²) in [5, 5.41) is 2.80. The summed E-state index contributed by atoms with van der Waals surface area (Å²) in [6.07, 6.45) is 2.62. The lowest BCUT2D eigenvalue weighted by atomic mass is 9.95. The van der Waals surface area contributed by atoms with E-state index in [-0.39, 0.29) is 17.5 Å². The van der Waals surface area contributed by atoms with Crippen LogP contribution in [0.2, 0.25) is 0 Å². The van der Waals surface area contributed by atoms with Gasteiger partial charge in [-0.2, -0.15) is 0 Å². The van der Waals surface area contributed by atoms with Crippen LogP contribution in [0.25, 0.3) is 11.1 Å². The van der Waals surface area contributed by atoms with E-state index >= 15 is 0 Å². The van der Waals surface area contributed by atoms with Crippen LogP contribution in [0.4, 0.5) is 5.69 Å². The predicted octanol–water partition coefficient (Wildman–Crippen LogP) is 4.33. The van der Waals surface area contributed by atoms with E-state index in [9.17, 15) is 9.59 Å². The van der Waals surface area contributed by atoms with Crippen LogP contribution in [0.5, 0.6) is 0 Å². The van der Waals surface area contributed by atoms with E-state index in [0.29, 0.717) is 24.1 Å². The number of carbonyl (C=O) groups excluding carboxylic acids is 2. The smallest absolute Gasteiger partial charge is 0.291 e. The van der Waals surface area contributed by atoms with Crippen LogP contribution < -0.4 is 5.32 Å². The highest BCUT2D eigenvalue weighted by Crippen LogP contribution is 2.37. The molecule has 118 valence electrons. The maximum atomic E-state index is 12.4. The molecule has 0 saturated heterocycles. The summed E-state index contributed by atoms with van der Waals surface area (Å²) in [6, 6.07) is 17.0. The molecular weight excluding hydrogens is 302 g/mol. The van der Waals surface area contributed by atoms with E-state index in [0.717, 1.165) is 16.7 Å². The van der Waals surface area contributed by atoms with Gasteiger partial charge in [-0.3, -0.25) is 9.59 Å². The first kappa shape index (κ1) is 14.5. The molecule has 0 aliphatic heterocycles. The standard InChI is InChI=1S/C20H15NO3/c22-17-11-9-15-14(13-5-2-1-3-6-13)8-10-16(19(15)17)21-20(23)18-7-4-12-24-18/h1-8,10,12H,9,11H2,(H,21,23). The molecule has 2 aromatic carbocycles. The van der Waals surface area contributed by atoms with Crippen molar-refractivity contribution in [2.24, 2.45) is 0 Å². The van der Waals surface area contributed by atoms with Crippen LogP contribution in [0, 0.1) is 0 Å². The Morgan fingerprint density at radius 2 is 1.79 bits per heavy atom. The van der Waals surface area contributed by atoms with Gasteiger partial charge in [0.25, 0.3) is 5.91 Å². The number of hydrogen-bond donors (Lipinski definition) is 1. The molecule has 1 aliphatic rings. The van der Waals surface area contributed by atoms with Crippen molar-refractivity contribution in [1.82, 2.24) is 0 Å². The molecule has 1 aromatic heterocycles. The van der Waals surface area contributed by atoms with E-state index < -0.39 is 0 Å². The minimum absolute atomic E-state index is 0.0672. The maximum Gasteiger partial charge on any atom is 0.291 e. The first-order valence-electron chi connectivity index (χ1n) is 7.83. The van der Waals surface area contributed by atoms with Gasteiger partial charge in [0, 0.05) is 12.0 Å². The Labute approximate surface area is 139 Å². The van der Waals surface area contributed by atoms with Crippen LogP contribution in [0.1, 0.15) is 32.9 Å². The third kappa shape index (κ3) is 2.42. The molecule has 0 saturated carbocycles. The molecule has 24 heavy (non-hydrogen) atoms. The molecule has 0 atom stereocenters. The van der Waals surface area contributed by atoms with E-state index in [1.54, 1.807) is 18.2 Å². The number of hydrogen-bond acceptors (Lipinski definition) is 3. The van der Waals surface area contributed by atoms with Crippen molar-refractivity contribution in [2.75, 3.05) is 5.32 Å². The summed E-state index contributed by atoms with van der Waals surface area (Å²) in [7, 11) is 0. The minimum Gasteiger partial charge on any atom is -0.459 e. The Balaban J connectivity index is 1.76. The van der Waals surface area contributed by atoms with Gasteiger partial charge in [-0.1, -0.05) is 36.4 Å². The van der Waals surface area contributed by atoms with Crippen molar-refractivity contribution < 1.29 is 14.0 Å². The minimum atomic E-state index is -0.352. The van der Waals surface area contributed by atoms with Crippen molar-refractivity contribution >= 4 is 17.4 Å². The normalized spacial score (nSPS) is 12.9. The first-order valence-corrected chi connectivity index (χ1v) is 7.83. The number of fused-ring (bicyclic) bond motifs is 1. The average Bonchev–Trinajstić information content (AvgIpc) is 3.27. The number of benzene rings is 2. The zero-order chi connectivity index (χ0) is 16.5. The lowest BCUT2D eigenvalue weighted by Gasteiger charge is -2.13. The number of ketones is 1. The Bertz CT molecular complexity index is 912. The fourth-order valence-electron chi connectivity index (χ4n) is 3.17. The van der Waals surface area contributed by atoms with Crippen LogP contribution in [0.15, 0.2) is 65.3 Å². The summed E-state index contributed by atoms with van der Waals surface area (Å²) in [6.45, 7) is 0. The van der Waals surface area contributed by atoms with Crippen molar-refractivity contribution in [1.29, 1.82) is 0 Å². The monoisotopic (exact) mass is 317 g/mol. The molecule has 0 spiro atoms. The summed E-state index contributed by atoms with van der Waals surface area (Å²) >= 11 is 0. The Morgan fingerprint density at radius 3 is 2.54 bits per heavy atom.